The summed E-state index contributed by atoms with van der Waals surface area (Å²) >= 11 is 12.4. The largest absolute Gasteiger partial charge is 0.352 e. The van der Waals surface area contributed by atoms with E-state index in [-0.39, 0.29) is 34.2 Å². The molecule has 0 bridgehead atoms. The topological polar surface area (TPSA) is 86.8 Å². The Balaban J connectivity index is 1.95. The second-order valence-corrected chi connectivity index (χ2v) is 12.0. The number of carbonyl (C=O) groups is 2. The molecule has 0 aliphatic heterocycles. The first-order valence-corrected chi connectivity index (χ1v) is 14.7. The molecule has 36 heavy (non-hydrogen) atoms. The summed E-state index contributed by atoms with van der Waals surface area (Å²) in [6.45, 7) is 3.44. The highest BCUT2D eigenvalue weighted by Crippen LogP contribution is 2.31. The van der Waals surface area contributed by atoms with Crippen LogP contribution in [0.1, 0.15) is 50.2 Å². The highest BCUT2D eigenvalue weighted by molar-refractivity contribution is 7.92. The maximum atomic E-state index is 13.8. The van der Waals surface area contributed by atoms with Crippen LogP contribution in [0.15, 0.2) is 42.5 Å². The van der Waals surface area contributed by atoms with E-state index in [1.807, 2.05) is 38.1 Å². The number of aryl methyl sites for hydroxylation is 1. The summed E-state index contributed by atoms with van der Waals surface area (Å²) in [4.78, 5) is 28.5. The lowest BCUT2D eigenvalue weighted by atomic mass is 10.1. The third kappa shape index (κ3) is 7.37. The van der Waals surface area contributed by atoms with Crippen molar-refractivity contribution in [1.29, 1.82) is 0 Å². The van der Waals surface area contributed by atoms with E-state index in [2.05, 4.69) is 5.32 Å². The number of amides is 2. The van der Waals surface area contributed by atoms with E-state index < -0.39 is 28.5 Å². The minimum absolute atomic E-state index is 0.0975. The third-order valence-corrected chi connectivity index (χ3v) is 8.06. The fraction of sp³-hybridized carbons (Fsp3) is 0.462. The normalized spacial score (nSPS) is 14.9. The lowest BCUT2D eigenvalue weighted by Crippen LogP contribution is -2.53. The van der Waals surface area contributed by atoms with E-state index in [1.54, 1.807) is 6.07 Å². The van der Waals surface area contributed by atoms with Gasteiger partial charge in [-0.2, -0.15) is 0 Å². The van der Waals surface area contributed by atoms with Gasteiger partial charge in [0.05, 0.1) is 17.0 Å². The second-order valence-electron chi connectivity index (χ2n) is 9.29. The summed E-state index contributed by atoms with van der Waals surface area (Å²) in [7, 11) is -3.89. The molecular weight excluding hydrogens is 521 g/mol. The zero-order valence-electron chi connectivity index (χ0n) is 20.8. The van der Waals surface area contributed by atoms with Gasteiger partial charge in [0.25, 0.3) is 0 Å². The number of anilines is 1. The van der Waals surface area contributed by atoms with Crippen LogP contribution in [0.25, 0.3) is 0 Å². The fourth-order valence-electron chi connectivity index (χ4n) is 4.57. The third-order valence-electron chi connectivity index (χ3n) is 6.38. The summed E-state index contributed by atoms with van der Waals surface area (Å²) < 4.78 is 26.4. The van der Waals surface area contributed by atoms with Crippen LogP contribution in [0.4, 0.5) is 5.69 Å². The van der Waals surface area contributed by atoms with E-state index >= 15 is 0 Å². The van der Waals surface area contributed by atoms with Crippen LogP contribution in [0, 0.1) is 6.92 Å². The number of halogens is 2. The molecule has 3 rings (SSSR count). The molecule has 0 heterocycles. The molecule has 196 valence electrons. The highest BCUT2D eigenvalue weighted by Gasteiger charge is 2.33. The van der Waals surface area contributed by atoms with Crippen molar-refractivity contribution in [3.8, 4) is 0 Å². The van der Waals surface area contributed by atoms with Gasteiger partial charge in [0.1, 0.15) is 12.6 Å². The van der Waals surface area contributed by atoms with Gasteiger partial charge in [-0.1, -0.05) is 72.8 Å². The van der Waals surface area contributed by atoms with E-state index in [9.17, 15) is 18.0 Å². The number of benzene rings is 2. The molecule has 1 N–H and O–H groups in total. The van der Waals surface area contributed by atoms with Gasteiger partial charge in [-0.05, 0) is 49.9 Å². The molecule has 1 saturated carbocycles. The van der Waals surface area contributed by atoms with Gasteiger partial charge in [-0.25, -0.2) is 8.42 Å². The predicted molar refractivity (Wildman–Crippen MR) is 145 cm³/mol. The summed E-state index contributed by atoms with van der Waals surface area (Å²) in [5.41, 5.74) is 1.98. The number of nitrogens with zero attached hydrogens (tertiary/aromatic N) is 2. The van der Waals surface area contributed by atoms with Gasteiger partial charge in [0.2, 0.25) is 21.8 Å². The Morgan fingerprint density at radius 1 is 1.11 bits per heavy atom. The Kier molecular flexibility index (Phi) is 9.66. The molecule has 0 spiro atoms. The maximum Gasteiger partial charge on any atom is 0.244 e. The van der Waals surface area contributed by atoms with Crippen LogP contribution in [0.2, 0.25) is 10.0 Å². The molecule has 1 aliphatic rings. The molecule has 2 aromatic carbocycles. The van der Waals surface area contributed by atoms with Crippen LogP contribution in [-0.2, 0) is 26.2 Å². The maximum absolute atomic E-state index is 13.8. The molecule has 1 fully saturated rings. The van der Waals surface area contributed by atoms with Crippen molar-refractivity contribution >= 4 is 50.7 Å². The first kappa shape index (κ1) is 28.3. The molecule has 10 heteroatoms. The zero-order chi connectivity index (χ0) is 26.5. The highest BCUT2D eigenvalue weighted by atomic mass is 35.5. The van der Waals surface area contributed by atoms with E-state index in [4.69, 9.17) is 23.2 Å². The van der Waals surface area contributed by atoms with Crippen LogP contribution in [0.5, 0.6) is 0 Å². The van der Waals surface area contributed by atoms with Crippen molar-refractivity contribution < 1.29 is 18.0 Å². The Morgan fingerprint density at radius 2 is 1.81 bits per heavy atom. The lowest BCUT2D eigenvalue weighted by Gasteiger charge is -2.33. The molecule has 2 amide bonds. The second kappa shape index (κ2) is 12.3. The summed E-state index contributed by atoms with van der Waals surface area (Å²) in [5, 5.41) is 3.52. The Hall–Kier alpha value is -2.29. The SMILES string of the molecule is CC[C@H](C(=O)NC1CCCC1)N(Cc1cccc(C)c1)C(=O)CN(c1cc(Cl)ccc1Cl)S(C)(=O)=O. The molecule has 0 aromatic heterocycles. The number of nitrogens with one attached hydrogen (secondary N) is 1. The van der Waals surface area contributed by atoms with Gasteiger partial charge in [0.15, 0.2) is 0 Å². The van der Waals surface area contributed by atoms with Crippen molar-refractivity contribution in [3.05, 3.63) is 63.6 Å². The monoisotopic (exact) mass is 553 g/mol. The minimum atomic E-state index is -3.89. The van der Waals surface area contributed by atoms with Gasteiger partial charge >= 0.3 is 0 Å². The van der Waals surface area contributed by atoms with Crippen molar-refractivity contribution in [2.24, 2.45) is 0 Å². The van der Waals surface area contributed by atoms with Crippen molar-refractivity contribution in [2.45, 2.75) is 64.6 Å². The van der Waals surface area contributed by atoms with Crippen LogP contribution in [-0.4, -0.2) is 50.0 Å². The fourth-order valence-corrected chi connectivity index (χ4v) is 5.86. The number of rotatable bonds is 10. The molecular formula is C26H33Cl2N3O4S. The van der Waals surface area contributed by atoms with Gasteiger partial charge < -0.3 is 10.2 Å². The summed E-state index contributed by atoms with van der Waals surface area (Å²) in [5.74, 6) is -0.733. The number of hydrogen-bond donors (Lipinski definition) is 1. The Bertz CT molecular complexity index is 1200. The zero-order valence-corrected chi connectivity index (χ0v) is 23.2. The van der Waals surface area contributed by atoms with Gasteiger partial charge in [-0.15, -0.1) is 0 Å². The van der Waals surface area contributed by atoms with Crippen molar-refractivity contribution in [1.82, 2.24) is 10.2 Å². The van der Waals surface area contributed by atoms with Crippen LogP contribution in [0.3, 0.4) is 0 Å². The first-order valence-electron chi connectivity index (χ1n) is 12.1. The van der Waals surface area contributed by atoms with Gasteiger partial charge in [0, 0.05) is 17.6 Å². The minimum Gasteiger partial charge on any atom is -0.352 e. The Labute approximate surface area is 223 Å². The number of sulfonamides is 1. The average molecular weight is 555 g/mol. The average Bonchev–Trinajstić information content (AvgIpc) is 3.31. The van der Waals surface area contributed by atoms with Gasteiger partial charge in [-0.3, -0.25) is 13.9 Å². The molecule has 0 unspecified atom stereocenters. The Morgan fingerprint density at radius 3 is 2.42 bits per heavy atom. The number of carbonyl (C=O) groups excluding carboxylic acids is 2. The quantitative estimate of drug-likeness (QED) is 0.451. The molecule has 1 atom stereocenters. The van der Waals surface area contributed by atoms with Crippen molar-refractivity contribution in [3.63, 3.8) is 0 Å². The van der Waals surface area contributed by atoms with Crippen LogP contribution < -0.4 is 9.62 Å². The predicted octanol–water partition coefficient (Wildman–Crippen LogP) is 4.93. The summed E-state index contributed by atoms with van der Waals surface area (Å²) in [6.07, 6.45) is 5.36. The standard InChI is InChI=1S/C26H33Cl2N3O4S/c1-4-23(26(33)29-21-10-5-6-11-21)30(16-19-9-7-8-18(2)14-19)25(32)17-31(36(3,34)35)24-15-20(27)12-13-22(24)28/h7-9,12-15,21,23H,4-6,10-11,16-17H2,1-3H3,(H,29,33)/t23-/m1/s1. The van der Waals surface area contributed by atoms with E-state index in [1.165, 1.54) is 17.0 Å². The smallest absolute Gasteiger partial charge is 0.244 e. The first-order chi connectivity index (χ1) is 17.0. The van der Waals surface area contributed by atoms with Crippen molar-refractivity contribution in [2.75, 3.05) is 17.1 Å². The van der Waals surface area contributed by atoms with E-state index in [0.29, 0.717) is 6.42 Å². The number of hydrogen-bond acceptors (Lipinski definition) is 4. The van der Waals surface area contributed by atoms with Crippen LogP contribution >= 0.6 is 23.2 Å². The molecule has 0 radical (unpaired) electrons. The molecule has 2 aromatic rings. The van der Waals surface area contributed by atoms with E-state index in [0.717, 1.165) is 47.4 Å². The molecule has 1 aliphatic carbocycles. The summed E-state index contributed by atoms with van der Waals surface area (Å²) in [6, 6.07) is 11.5. The molecule has 7 nitrogen and oxygen atoms in total. The molecule has 0 saturated heterocycles. The lowest BCUT2D eigenvalue weighted by molar-refractivity contribution is -0.140.